The first kappa shape index (κ1) is 19.9. The molecule has 0 radical (unpaired) electrons. The molecule has 0 saturated heterocycles. The fourth-order valence-electron chi connectivity index (χ4n) is 2.32. The molecule has 1 aromatic heterocycles. The zero-order chi connectivity index (χ0) is 19.9. The van der Waals surface area contributed by atoms with E-state index in [1.807, 2.05) is 0 Å². The summed E-state index contributed by atoms with van der Waals surface area (Å²) in [5.41, 5.74) is 1.12. The molecule has 8 heteroatoms. The molecule has 0 atom stereocenters. The SMILES string of the molecule is O=C(CSc1ncccc1Cl)Nc1ccccc1C(=O)Nc1ccc(F)cc1. The van der Waals surface area contributed by atoms with Crippen LogP contribution in [0.1, 0.15) is 10.4 Å². The summed E-state index contributed by atoms with van der Waals surface area (Å²) in [6, 6.07) is 15.5. The molecule has 2 N–H and O–H groups in total. The van der Waals surface area contributed by atoms with E-state index in [-0.39, 0.29) is 11.7 Å². The second-order valence-electron chi connectivity index (χ2n) is 5.63. The van der Waals surface area contributed by atoms with Crippen LogP contribution in [0.3, 0.4) is 0 Å². The quantitative estimate of drug-likeness (QED) is 0.564. The predicted molar refractivity (Wildman–Crippen MR) is 109 cm³/mol. The van der Waals surface area contributed by atoms with Gasteiger partial charge in [0, 0.05) is 11.9 Å². The first-order chi connectivity index (χ1) is 13.5. The van der Waals surface area contributed by atoms with E-state index < -0.39 is 11.7 Å². The van der Waals surface area contributed by atoms with Crippen molar-refractivity contribution in [3.63, 3.8) is 0 Å². The van der Waals surface area contributed by atoms with Crippen LogP contribution in [0.5, 0.6) is 0 Å². The molecule has 0 spiro atoms. The number of carbonyl (C=O) groups is 2. The summed E-state index contributed by atoms with van der Waals surface area (Å²) in [5.74, 6) is -1.02. The molecular weight excluding hydrogens is 401 g/mol. The van der Waals surface area contributed by atoms with Crippen LogP contribution in [0, 0.1) is 5.82 Å². The molecule has 0 unspecified atom stereocenters. The van der Waals surface area contributed by atoms with Gasteiger partial charge in [0.25, 0.3) is 5.91 Å². The van der Waals surface area contributed by atoms with E-state index in [1.54, 1.807) is 42.6 Å². The van der Waals surface area contributed by atoms with Crippen LogP contribution >= 0.6 is 23.4 Å². The highest BCUT2D eigenvalue weighted by Crippen LogP contribution is 2.24. The van der Waals surface area contributed by atoms with E-state index in [2.05, 4.69) is 15.6 Å². The van der Waals surface area contributed by atoms with Gasteiger partial charge in [-0.15, -0.1) is 0 Å². The molecular formula is C20H15ClFN3O2S. The van der Waals surface area contributed by atoms with Crippen LogP contribution in [0.2, 0.25) is 5.02 Å². The van der Waals surface area contributed by atoms with Gasteiger partial charge in [0.15, 0.2) is 0 Å². The van der Waals surface area contributed by atoms with Gasteiger partial charge in [0.1, 0.15) is 10.8 Å². The van der Waals surface area contributed by atoms with Gasteiger partial charge < -0.3 is 10.6 Å². The highest BCUT2D eigenvalue weighted by molar-refractivity contribution is 8.00. The third-order valence-electron chi connectivity index (χ3n) is 3.61. The number of halogens is 2. The number of carbonyl (C=O) groups excluding carboxylic acids is 2. The van der Waals surface area contributed by atoms with E-state index >= 15 is 0 Å². The average molecular weight is 416 g/mol. The molecule has 2 aromatic carbocycles. The Morgan fingerprint density at radius 2 is 1.75 bits per heavy atom. The lowest BCUT2D eigenvalue weighted by Crippen LogP contribution is -2.19. The topological polar surface area (TPSA) is 71.1 Å². The zero-order valence-corrected chi connectivity index (χ0v) is 16.1. The minimum absolute atomic E-state index is 0.0879. The van der Waals surface area contributed by atoms with Crippen molar-refractivity contribution in [2.45, 2.75) is 5.03 Å². The van der Waals surface area contributed by atoms with Gasteiger partial charge in [-0.05, 0) is 48.5 Å². The van der Waals surface area contributed by atoms with Crippen LogP contribution in [0.25, 0.3) is 0 Å². The molecule has 2 amide bonds. The van der Waals surface area contributed by atoms with Gasteiger partial charge in [-0.2, -0.15) is 0 Å². The van der Waals surface area contributed by atoms with Gasteiger partial charge in [-0.3, -0.25) is 9.59 Å². The third kappa shape index (κ3) is 5.31. The molecule has 0 aliphatic rings. The van der Waals surface area contributed by atoms with Crippen molar-refractivity contribution in [1.29, 1.82) is 0 Å². The first-order valence-corrected chi connectivity index (χ1v) is 9.58. The smallest absolute Gasteiger partial charge is 0.257 e. The van der Waals surface area contributed by atoms with E-state index in [0.717, 1.165) is 0 Å². The van der Waals surface area contributed by atoms with Crippen molar-refractivity contribution in [2.75, 3.05) is 16.4 Å². The average Bonchev–Trinajstić information content (AvgIpc) is 2.69. The molecule has 5 nitrogen and oxygen atoms in total. The van der Waals surface area contributed by atoms with Crippen LogP contribution < -0.4 is 10.6 Å². The summed E-state index contributed by atoms with van der Waals surface area (Å²) in [7, 11) is 0. The molecule has 1 heterocycles. The standard InChI is InChI=1S/C20H15ClFN3O2S/c21-16-5-3-11-23-20(16)28-12-18(26)25-17-6-2-1-4-15(17)19(27)24-14-9-7-13(22)8-10-14/h1-11H,12H2,(H,24,27)(H,25,26). The molecule has 142 valence electrons. The number of benzene rings is 2. The largest absolute Gasteiger partial charge is 0.325 e. The number of nitrogens with zero attached hydrogens (tertiary/aromatic N) is 1. The highest BCUT2D eigenvalue weighted by atomic mass is 35.5. The fraction of sp³-hybridized carbons (Fsp3) is 0.0500. The second-order valence-corrected chi connectivity index (χ2v) is 7.01. The Labute approximate surface area is 170 Å². The highest BCUT2D eigenvalue weighted by Gasteiger charge is 2.14. The normalized spacial score (nSPS) is 10.4. The Balaban J connectivity index is 1.66. The van der Waals surface area contributed by atoms with E-state index in [9.17, 15) is 14.0 Å². The Kier molecular flexibility index (Phi) is 6.62. The Hall–Kier alpha value is -2.90. The predicted octanol–water partition coefficient (Wildman–Crippen LogP) is 4.86. The van der Waals surface area contributed by atoms with E-state index in [0.29, 0.717) is 27.0 Å². The van der Waals surface area contributed by atoms with Crippen LogP contribution in [0.15, 0.2) is 71.9 Å². The lowest BCUT2D eigenvalue weighted by molar-refractivity contribution is -0.113. The molecule has 0 aliphatic carbocycles. The van der Waals surface area contributed by atoms with Gasteiger partial charge in [0.2, 0.25) is 5.91 Å². The minimum Gasteiger partial charge on any atom is -0.325 e. The maximum absolute atomic E-state index is 13.0. The second kappa shape index (κ2) is 9.34. The number of thioether (sulfide) groups is 1. The van der Waals surface area contributed by atoms with Crippen molar-refractivity contribution >= 4 is 46.6 Å². The first-order valence-electron chi connectivity index (χ1n) is 8.22. The number of nitrogens with one attached hydrogen (secondary N) is 2. The molecule has 0 fully saturated rings. The van der Waals surface area contributed by atoms with Crippen molar-refractivity contribution in [2.24, 2.45) is 0 Å². The summed E-state index contributed by atoms with van der Waals surface area (Å²) in [5, 5.41) is 6.43. The number of para-hydroxylation sites is 1. The van der Waals surface area contributed by atoms with Crippen LogP contribution in [0.4, 0.5) is 15.8 Å². The van der Waals surface area contributed by atoms with Crippen molar-refractivity contribution in [1.82, 2.24) is 4.98 Å². The lowest BCUT2D eigenvalue weighted by atomic mass is 10.1. The number of aromatic nitrogens is 1. The molecule has 28 heavy (non-hydrogen) atoms. The molecule has 3 rings (SSSR count). The van der Waals surface area contributed by atoms with Gasteiger partial charge in [0.05, 0.1) is 22.0 Å². The number of anilines is 2. The monoisotopic (exact) mass is 415 g/mol. The number of hydrogen-bond donors (Lipinski definition) is 2. The Morgan fingerprint density at radius 1 is 1.00 bits per heavy atom. The fourth-order valence-corrected chi connectivity index (χ4v) is 3.29. The number of rotatable bonds is 6. The lowest BCUT2D eigenvalue weighted by Gasteiger charge is -2.11. The van der Waals surface area contributed by atoms with Crippen molar-refractivity contribution in [3.8, 4) is 0 Å². The third-order valence-corrected chi connectivity index (χ3v) is 5.03. The number of hydrogen-bond acceptors (Lipinski definition) is 4. The summed E-state index contributed by atoms with van der Waals surface area (Å²) < 4.78 is 13.0. The maximum Gasteiger partial charge on any atom is 0.257 e. The summed E-state index contributed by atoms with van der Waals surface area (Å²) in [4.78, 5) is 28.9. The minimum atomic E-state index is -0.414. The maximum atomic E-state index is 13.0. The summed E-state index contributed by atoms with van der Waals surface area (Å²) in [6.07, 6.45) is 1.60. The summed E-state index contributed by atoms with van der Waals surface area (Å²) >= 11 is 7.23. The van der Waals surface area contributed by atoms with Crippen LogP contribution in [-0.2, 0) is 4.79 Å². The molecule has 0 bridgehead atoms. The van der Waals surface area contributed by atoms with Crippen molar-refractivity contribution in [3.05, 3.63) is 83.3 Å². The van der Waals surface area contributed by atoms with Gasteiger partial charge in [-0.25, -0.2) is 9.37 Å². The molecule has 3 aromatic rings. The zero-order valence-electron chi connectivity index (χ0n) is 14.5. The number of amides is 2. The van der Waals surface area contributed by atoms with Crippen LogP contribution in [-0.4, -0.2) is 22.6 Å². The molecule has 0 saturated carbocycles. The Morgan fingerprint density at radius 3 is 2.50 bits per heavy atom. The van der Waals surface area contributed by atoms with E-state index in [1.165, 1.54) is 36.0 Å². The van der Waals surface area contributed by atoms with E-state index in [4.69, 9.17) is 11.6 Å². The summed E-state index contributed by atoms with van der Waals surface area (Å²) in [6.45, 7) is 0. The van der Waals surface area contributed by atoms with Gasteiger partial charge >= 0.3 is 0 Å². The molecule has 0 aliphatic heterocycles. The van der Waals surface area contributed by atoms with Crippen molar-refractivity contribution < 1.29 is 14.0 Å². The van der Waals surface area contributed by atoms with Gasteiger partial charge in [-0.1, -0.05) is 35.5 Å². The Bertz CT molecular complexity index is 999. The number of pyridine rings is 1.